The maximum Gasteiger partial charge on any atom is 0.335 e. The molecule has 0 atom stereocenters. The summed E-state index contributed by atoms with van der Waals surface area (Å²) in [4.78, 5) is 21.4. The molecule has 21 heavy (non-hydrogen) atoms. The molecule has 0 bridgehead atoms. The van der Waals surface area contributed by atoms with E-state index < -0.39 is 10.9 Å². The summed E-state index contributed by atoms with van der Waals surface area (Å²) in [6.45, 7) is 0.229. The third-order valence-electron chi connectivity index (χ3n) is 2.84. The summed E-state index contributed by atoms with van der Waals surface area (Å²) in [5, 5.41) is 22.9. The van der Waals surface area contributed by atoms with Crippen LogP contribution in [-0.2, 0) is 6.54 Å². The van der Waals surface area contributed by atoms with Gasteiger partial charge in [0.1, 0.15) is 0 Å². The number of anilines is 1. The minimum Gasteiger partial charge on any atom is -0.478 e. The Hall–Kier alpha value is -2.41. The molecule has 0 aliphatic carbocycles. The van der Waals surface area contributed by atoms with Gasteiger partial charge in [-0.2, -0.15) is 0 Å². The molecule has 0 saturated heterocycles. The van der Waals surface area contributed by atoms with Crippen molar-refractivity contribution < 1.29 is 14.8 Å². The van der Waals surface area contributed by atoms with Crippen LogP contribution < -0.4 is 5.32 Å². The summed E-state index contributed by atoms with van der Waals surface area (Å²) < 4.78 is 0.630. The highest BCUT2D eigenvalue weighted by Crippen LogP contribution is 2.24. The van der Waals surface area contributed by atoms with Crippen LogP contribution in [0.15, 0.2) is 46.9 Å². The molecule has 2 rings (SSSR count). The van der Waals surface area contributed by atoms with Crippen molar-refractivity contribution in [2.75, 3.05) is 5.32 Å². The number of nitro benzene ring substituents is 1. The minimum atomic E-state index is -1.02. The fourth-order valence-electron chi connectivity index (χ4n) is 1.82. The van der Waals surface area contributed by atoms with E-state index in [0.717, 1.165) is 0 Å². The first-order chi connectivity index (χ1) is 9.97. The van der Waals surface area contributed by atoms with Gasteiger partial charge in [-0.1, -0.05) is 22.0 Å². The summed E-state index contributed by atoms with van der Waals surface area (Å²) >= 11 is 3.20. The maximum atomic E-state index is 11.0. The number of nitrogens with zero attached hydrogens (tertiary/aromatic N) is 1. The van der Waals surface area contributed by atoms with Crippen LogP contribution in [0.4, 0.5) is 11.4 Å². The number of aromatic carboxylic acids is 1. The number of carboxylic acid groups (broad SMARTS) is 1. The van der Waals surface area contributed by atoms with Crippen LogP contribution >= 0.6 is 15.9 Å². The van der Waals surface area contributed by atoms with Crippen molar-refractivity contribution >= 4 is 33.3 Å². The van der Waals surface area contributed by atoms with Gasteiger partial charge in [-0.3, -0.25) is 10.1 Å². The zero-order valence-corrected chi connectivity index (χ0v) is 12.3. The Balaban J connectivity index is 2.18. The summed E-state index contributed by atoms with van der Waals surface area (Å²) in [5.41, 5.74) is 1.27. The average molecular weight is 351 g/mol. The molecule has 2 aromatic rings. The summed E-state index contributed by atoms with van der Waals surface area (Å²) in [5.74, 6) is -1.02. The van der Waals surface area contributed by atoms with Crippen molar-refractivity contribution in [1.82, 2.24) is 0 Å². The number of nitro groups is 1. The van der Waals surface area contributed by atoms with Gasteiger partial charge < -0.3 is 10.4 Å². The standard InChI is InChI=1S/C14H11BrN2O4/c15-11-5-4-10(13(7-11)17(20)21)8-16-12-3-1-2-9(6-12)14(18)19/h1-7,16H,8H2,(H,18,19). The lowest BCUT2D eigenvalue weighted by Crippen LogP contribution is -2.04. The molecule has 0 aromatic heterocycles. The maximum absolute atomic E-state index is 11.0. The van der Waals surface area contributed by atoms with Crippen LogP contribution in [0.25, 0.3) is 0 Å². The van der Waals surface area contributed by atoms with Gasteiger partial charge in [0.05, 0.1) is 10.5 Å². The number of halogens is 1. The molecule has 6 nitrogen and oxygen atoms in total. The van der Waals surface area contributed by atoms with Gasteiger partial charge >= 0.3 is 5.97 Å². The molecule has 0 aliphatic rings. The van der Waals surface area contributed by atoms with Crippen LogP contribution in [0.1, 0.15) is 15.9 Å². The molecular formula is C14H11BrN2O4. The van der Waals surface area contributed by atoms with E-state index in [0.29, 0.717) is 15.7 Å². The highest BCUT2D eigenvalue weighted by Gasteiger charge is 2.14. The first kappa shape index (κ1) is 15.0. The predicted molar refractivity (Wildman–Crippen MR) is 81.5 cm³/mol. The molecule has 0 aliphatic heterocycles. The zero-order chi connectivity index (χ0) is 15.4. The monoisotopic (exact) mass is 350 g/mol. The van der Waals surface area contributed by atoms with Gasteiger partial charge in [-0.25, -0.2) is 4.79 Å². The van der Waals surface area contributed by atoms with Crippen molar-refractivity contribution in [2.45, 2.75) is 6.54 Å². The molecule has 0 fully saturated rings. The van der Waals surface area contributed by atoms with E-state index >= 15 is 0 Å². The smallest absolute Gasteiger partial charge is 0.335 e. The minimum absolute atomic E-state index is 0.00580. The summed E-state index contributed by atoms with van der Waals surface area (Å²) in [6.07, 6.45) is 0. The number of benzene rings is 2. The fourth-order valence-corrected chi connectivity index (χ4v) is 2.16. The lowest BCUT2D eigenvalue weighted by atomic mass is 10.1. The van der Waals surface area contributed by atoms with Crippen molar-refractivity contribution in [3.63, 3.8) is 0 Å². The van der Waals surface area contributed by atoms with Gasteiger partial charge in [0, 0.05) is 28.3 Å². The number of carbonyl (C=O) groups is 1. The molecule has 7 heteroatoms. The Morgan fingerprint density at radius 3 is 2.71 bits per heavy atom. The molecule has 108 valence electrons. The topological polar surface area (TPSA) is 92.5 Å². The van der Waals surface area contributed by atoms with Crippen LogP contribution in [0.3, 0.4) is 0 Å². The highest BCUT2D eigenvalue weighted by molar-refractivity contribution is 9.10. The number of hydrogen-bond donors (Lipinski definition) is 2. The lowest BCUT2D eigenvalue weighted by Gasteiger charge is -2.08. The molecule has 0 heterocycles. The second kappa shape index (κ2) is 6.36. The molecule has 0 unspecified atom stereocenters. The Kier molecular flexibility index (Phi) is 4.54. The largest absolute Gasteiger partial charge is 0.478 e. The average Bonchev–Trinajstić information content (AvgIpc) is 2.46. The first-order valence-electron chi connectivity index (χ1n) is 5.97. The first-order valence-corrected chi connectivity index (χ1v) is 6.76. The summed E-state index contributed by atoms with van der Waals surface area (Å²) in [7, 11) is 0. The van der Waals surface area contributed by atoms with E-state index in [4.69, 9.17) is 5.11 Å². The van der Waals surface area contributed by atoms with Crippen molar-refractivity contribution in [1.29, 1.82) is 0 Å². The molecule has 0 amide bonds. The number of rotatable bonds is 5. The normalized spacial score (nSPS) is 10.1. The zero-order valence-electron chi connectivity index (χ0n) is 10.7. The summed E-state index contributed by atoms with van der Waals surface area (Å²) in [6, 6.07) is 11.1. The van der Waals surface area contributed by atoms with Gasteiger partial charge in [0.2, 0.25) is 0 Å². The molecule has 0 spiro atoms. The Morgan fingerprint density at radius 2 is 2.05 bits per heavy atom. The van der Waals surface area contributed by atoms with E-state index in [1.54, 1.807) is 24.3 Å². The highest BCUT2D eigenvalue weighted by atomic mass is 79.9. The second-order valence-electron chi connectivity index (χ2n) is 4.27. The van der Waals surface area contributed by atoms with E-state index in [1.807, 2.05) is 0 Å². The lowest BCUT2D eigenvalue weighted by molar-refractivity contribution is -0.385. The quantitative estimate of drug-likeness (QED) is 0.633. The van der Waals surface area contributed by atoms with E-state index in [-0.39, 0.29) is 17.8 Å². The third kappa shape index (κ3) is 3.79. The third-order valence-corrected chi connectivity index (χ3v) is 3.33. The van der Waals surface area contributed by atoms with E-state index in [2.05, 4.69) is 21.2 Å². The fraction of sp³-hybridized carbons (Fsp3) is 0.0714. The molecule has 0 radical (unpaired) electrons. The van der Waals surface area contributed by atoms with E-state index in [9.17, 15) is 14.9 Å². The Morgan fingerprint density at radius 1 is 1.29 bits per heavy atom. The molecule has 2 aromatic carbocycles. The Bertz CT molecular complexity index is 703. The SMILES string of the molecule is O=C(O)c1cccc(NCc2ccc(Br)cc2[N+](=O)[O-])c1. The van der Waals surface area contributed by atoms with Crippen LogP contribution in [0.5, 0.6) is 0 Å². The number of hydrogen-bond acceptors (Lipinski definition) is 4. The van der Waals surface area contributed by atoms with Gasteiger partial charge in [-0.05, 0) is 30.3 Å². The van der Waals surface area contributed by atoms with Crippen LogP contribution in [0.2, 0.25) is 0 Å². The van der Waals surface area contributed by atoms with Crippen molar-refractivity contribution in [3.05, 3.63) is 68.2 Å². The van der Waals surface area contributed by atoms with Gasteiger partial charge in [-0.15, -0.1) is 0 Å². The van der Waals surface area contributed by atoms with E-state index in [1.165, 1.54) is 18.2 Å². The van der Waals surface area contributed by atoms with Gasteiger partial charge in [0.25, 0.3) is 5.69 Å². The van der Waals surface area contributed by atoms with Crippen LogP contribution in [-0.4, -0.2) is 16.0 Å². The molecule has 0 saturated carbocycles. The predicted octanol–water partition coefficient (Wildman–Crippen LogP) is 3.67. The van der Waals surface area contributed by atoms with Crippen LogP contribution in [0, 0.1) is 10.1 Å². The number of nitrogens with one attached hydrogen (secondary N) is 1. The van der Waals surface area contributed by atoms with Gasteiger partial charge in [0.15, 0.2) is 0 Å². The van der Waals surface area contributed by atoms with Crippen molar-refractivity contribution in [2.24, 2.45) is 0 Å². The van der Waals surface area contributed by atoms with Crippen molar-refractivity contribution in [3.8, 4) is 0 Å². The molecule has 2 N–H and O–H groups in total. The second-order valence-corrected chi connectivity index (χ2v) is 5.19. The Labute approximate surface area is 128 Å². The molecular weight excluding hydrogens is 340 g/mol. The number of carboxylic acids is 1.